The number of carbonyl (C=O) groups excluding carboxylic acids is 2. The Kier molecular flexibility index (Phi) is 9.67. The smallest absolute Gasteiger partial charge is 0.343 e. The predicted octanol–water partition coefficient (Wildman–Crippen LogP) is 7.07. The van der Waals surface area contributed by atoms with Crippen LogP contribution in [-0.4, -0.2) is 35.0 Å². The molecule has 5 rings (SSSR count). The molecule has 3 aromatic carbocycles. The summed E-state index contributed by atoms with van der Waals surface area (Å²) in [6.07, 6.45) is 1.85. The molecule has 0 fully saturated rings. The molecule has 0 bridgehead atoms. The molecule has 226 valence electrons. The van der Waals surface area contributed by atoms with Gasteiger partial charge in [0.25, 0.3) is 0 Å². The van der Waals surface area contributed by atoms with Crippen LogP contribution in [0.4, 0.5) is 10.1 Å². The number of nitrogens with zero attached hydrogens (tertiary/aromatic N) is 2. The lowest BCUT2D eigenvalue weighted by Gasteiger charge is -2.18. The van der Waals surface area contributed by atoms with Crippen molar-refractivity contribution >= 4 is 39.1 Å². The highest BCUT2D eigenvalue weighted by molar-refractivity contribution is 7.22. The van der Waals surface area contributed by atoms with Crippen LogP contribution in [0.1, 0.15) is 47.3 Å². The number of amides is 1. The first kappa shape index (κ1) is 30.8. The first-order chi connectivity index (χ1) is 21.3. The molecule has 0 radical (unpaired) electrons. The van der Waals surface area contributed by atoms with E-state index in [1.165, 1.54) is 23.6 Å². The molecule has 1 N–H and O–H groups in total. The maximum atomic E-state index is 14.8. The van der Waals surface area contributed by atoms with E-state index in [4.69, 9.17) is 4.74 Å². The van der Waals surface area contributed by atoms with Crippen molar-refractivity contribution in [2.45, 2.75) is 39.9 Å². The Bertz CT molecular complexity index is 1850. The molecule has 1 amide bonds. The van der Waals surface area contributed by atoms with E-state index in [-0.39, 0.29) is 30.4 Å². The van der Waals surface area contributed by atoms with Gasteiger partial charge >= 0.3 is 5.97 Å². The van der Waals surface area contributed by atoms with Crippen molar-refractivity contribution in [2.75, 3.05) is 19.0 Å². The van der Waals surface area contributed by atoms with Crippen molar-refractivity contribution in [2.24, 2.45) is 0 Å². The first-order valence-electron chi connectivity index (χ1n) is 14.5. The largest absolute Gasteiger partial charge is 0.462 e. The van der Waals surface area contributed by atoms with Crippen molar-refractivity contribution in [1.82, 2.24) is 9.47 Å². The summed E-state index contributed by atoms with van der Waals surface area (Å²) >= 11 is 1.42. The quantitative estimate of drug-likeness (QED) is 0.162. The van der Waals surface area contributed by atoms with Crippen molar-refractivity contribution in [3.63, 3.8) is 0 Å². The van der Waals surface area contributed by atoms with Crippen LogP contribution in [0.5, 0.6) is 0 Å². The van der Waals surface area contributed by atoms with E-state index in [1.54, 1.807) is 36.6 Å². The summed E-state index contributed by atoms with van der Waals surface area (Å²) < 4.78 is 21.9. The zero-order valence-corrected chi connectivity index (χ0v) is 25.7. The maximum absolute atomic E-state index is 14.8. The molecule has 0 unspecified atom stereocenters. The highest BCUT2D eigenvalue weighted by Gasteiger charge is 2.25. The van der Waals surface area contributed by atoms with E-state index < -0.39 is 11.4 Å². The van der Waals surface area contributed by atoms with E-state index in [1.807, 2.05) is 61.6 Å². The predicted molar refractivity (Wildman–Crippen MR) is 174 cm³/mol. The average Bonchev–Trinajstić information content (AvgIpc) is 3.40. The van der Waals surface area contributed by atoms with Gasteiger partial charge in [-0.1, -0.05) is 67.6 Å². The Hall–Kier alpha value is -4.60. The lowest BCUT2D eigenvalue weighted by atomic mass is 10.0. The van der Waals surface area contributed by atoms with Crippen molar-refractivity contribution in [3.05, 3.63) is 123 Å². The number of rotatable bonds is 11. The third kappa shape index (κ3) is 6.79. The molecular weight excluding hydrogens is 577 g/mol. The number of ether oxygens (including phenoxy) is 1. The summed E-state index contributed by atoms with van der Waals surface area (Å²) in [5.41, 5.74) is 3.35. The number of carbonyl (C=O) groups is 2. The van der Waals surface area contributed by atoms with Gasteiger partial charge in [-0.25, -0.2) is 9.18 Å². The topological polar surface area (TPSA) is 80.6 Å². The Morgan fingerprint density at radius 3 is 2.34 bits per heavy atom. The van der Waals surface area contributed by atoms with E-state index in [2.05, 4.69) is 10.2 Å². The molecule has 0 saturated heterocycles. The number of aromatic nitrogens is 1. The summed E-state index contributed by atoms with van der Waals surface area (Å²) in [7, 11) is 1.98. The first-order valence-corrected chi connectivity index (χ1v) is 15.3. The molecule has 7 nitrogen and oxygen atoms in total. The van der Waals surface area contributed by atoms with Gasteiger partial charge in [0.05, 0.1) is 18.5 Å². The van der Waals surface area contributed by atoms with Crippen LogP contribution in [-0.2, 0) is 29.2 Å². The number of halogens is 1. The molecular formula is C35H34FN3O4S. The molecule has 0 atom stereocenters. The van der Waals surface area contributed by atoms with Crippen LogP contribution in [0.25, 0.3) is 20.7 Å². The summed E-state index contributed by atoms with van der Waals surface area (Å²) in [6.45, 7) is 4.78. The normalized spacial score (nSPS) is 11.2. The van der Waals surface area contributed by atoms with Gasteiger partial charge in [-0.15, -0.1) is 11.3 Å². The van der Waals surface area contributed by atoms with Gasteiger partial charge in [0.1, 0.15) is 16.2 Å². The number of pyridine rings is 1. The van der Waals surface area contributed by atoms with Crippen LogP contribution in [0.15, 0.2) is 89.9 Å². The van der Waals surface area contributed by atoms with E-state index in [0.717, 1.165) is 21.6 Å². The Morgan fingerprint density at radius 2 is 1.66 bits per heavy atom. The fraction of sp³-hybridized carbons (Fsp3) is 0.229. The van der Waals surface area contributed by atoms with Crippen molar-refractivity contribution in [1.29, 1.82) is 0 Å². The van der Waals surface area contributed by atoms with Crippen molar-refractivity contribution < 1.29 is 18.7 Å². The number of anilines is 1. The van der Waals surface area contributed by atoms with Gasteiger partial charge in [0.2, 0.25) is 11.3 Å². The van der Waals surface area contributed by atoms with Crippen LogP contribution >= 0.6 is 11.3 Å². The SMILES string of the molecule is CCOC(=O)c1cn(Cc2ccccc2F)c2sc(-c3ccc(NC(=O)CC)cc3)c(CN(C)Cc3ccccc3)c2c1=O. The Balaban J connectivity index is 1.70. The minimum Gasteiger partial charge on any atom is -0.462 e. The standard InChI is InChI=1S/C35H34FN3O4S/c1-4-30(40)37-26-17-15-24(16-18-26)33-27(21-38(3)19-23-11-7-6-8-12-23)31-32(41)28(35(42)43-5-2)22-39(34(31)44-33)20-25-13-9-10-14-29(25)36/h6-18,22H,4-5,19-21H2,1-3H3,(H,37,40). The molecule has 44 heavy (non-hydrogen) atoms. The summed E-state index contributed by atoms with van der Waals surface area (Å²) in [5.74, 6) is -1.17. The molecule has 9 heteroatoms. The second kappa shape index (κ2) is 13.8. The molecule has 2 aromatic heterocycles. The maximum Gasteiger partial charge on any atom is 0.343 e. The van der Waals surface area contributed by atoms with Gasteiger partial charge in [-0.2, -0.15) is 0 Å². The number of benzene rings is 3. The molecule has 0 spiro atoms. The van der Waals surface area contributed by atoms with E-state index in [0.29, 0.717) is 41.0 Å². The molecule has 5 aromatic rings. The number of hydrogen-bond acceptors (Lipinski definition) is 6. The molecule has 2 heterocycles. The second-order valence-electron chi connectivity index (χ2n) is 10.5. The summed E-state index contributed by atoms with van der Waals surface area (Å²) in [4.78, 5) is 42.7. The fourth-order valence-electron chi connectivity index (χ4n) is 5.14. The molecule has 0 saturated carbocycles. The van der Waals surface area contributed by atoms with Crippen LogP contribution in [0.2, 0.25) is 0 Å². The van der Waals surface area contributed by atoms with Crippen LogP contribution < -0.4 is 10.7 Å². The number of hydrogen-bond donors (Lipinski definition) is 1. The van der Waals surface area contributed by atoms with Crippen LogP contribution in [0, 0.1) is 5.82 Å². The Labute approximate surface area is 259 Å². The lowest BCUT2D eigenvalue weighted by Crippen LogP contribution is -2.23. The number of thiophene rings is 1. The second-order valence-corrected chi connectivity index (χ2v) is 11.5. The van der Waals surface area contributed by atoms with E-state index in [9.17, 15) is 18.8 Å². The fourth-order valence-corrected chi connectivity index (χ4v) is 6.43. The minimum atomic E-state index is -0.714. The lowest BCUT2D eigenvalue weighted by molar-refractivity contribution is -0.115. The minimum absolute atomic E-state index is 0.0838. The third-order valence-electron chi connectivity index (χ3n) is 7.28. The number of esters is 1. The molecule has 0 aliphatic heterocycles. The highest BCUT2D eigenvalue weighted by atomic mass is 32.1. The summed E-state index contributed by atoms with van der Waals surface area (Å²) in [6, 6.07) is 24.0. The Morgan fingerprint density at radius 1 is 0.955 bits per heavy atom. The zero-order chi connectivity index (χ0) is 31.2. The molecule has 0 aliphatic rings. The van der Waals surface area contributed by atoms with E-state index >= 15 is 0 Å². The van der Waals surface area contributed by atoms with Gasteiger partial charge in [0.15, 0.2) is 0 Å². The number of fused-ring (bicyclic) bond motifs is 1. The molecule has 0 aliphatic carbocycles. The summed E-state index contributed by atoms with van der Waals surface area (Å²) in [5, 5.41) is 3.28. The van der Waals surface area contributed by atoms with Gasteiger partial charge in [-0.3, -0.25) is 14.5 Å². The average molecular weight is 612 g/mol. The monoisotopic (exact) mass is 611 g/mol. The van der Waals surface area contributed by atoms with Gasteiger partial charge < -0.3 is 14.6 Å². The zero-order valence-electron chi connectivity index (χ0n) is 24.9. The highest BCUT2D eigenvalue weighted by Crippen LogP contribution is 2.39. The number of nitrogens with one attached hydrogen (secondary N) is 1. The van der Waals surface area contributed by atoms with Crippen LogP contribution in [0.3, 0.4) is 0 Å². The van der Waals surface area contributed by atoms with Gasteiger partial charge in [-0.05, 0) is 48.9 Å². The van der Waals surface area contributed by atoms with Gasteiger partial charge in [0, 0.05) is 41.8 Å². The van der Waals surface area contributed by atoms with Crippen molar-refractivity contribution in [3.8, 4) is 10.4 Å². The third-order valence-corrected chi connectivity index (χ3v) is 8.59.